The number of benzene rings is 2. The van der Waals surface area contributed by atoms with E-state index in [9.17, 15) is 13.2 Å². The lowest BCUT2D eigenvalue weighted by Gasteiger charge is -2.12. The summed E-state index contributed by atoms with van der Waals surface area (Å²) in [5.41, 5.74) is 0.892. The number of hydrogen-bond donors (Lipinski definition) is 2. The van der Waals surface area contributed by atoms with Crippen molar-refractivity contribution in [1.82, 2.24) is 10.0 Å². The van der Waals surface area contributed by atoms with E-state index in [1.165, 1.54) is 11.8 Å². The van der Waals surface area contributed by atoms with Crippen molar-refractivity contribution in [2.24, 2.45) is 0 Å². The highest BCUT2D eigenvalue weighted by atomic mass is 32.2. The summed E-state index contributed by atoms with van der Waals surface area (Å²) < 4.78 is 26.5. The van der Waals surface area contributed by atoms with E-state index in [-0.39, 0.29) is 30.0 Å². The summed E-state index contributed by atoms with van der Waals surface area (Å²) >= 11 is 1.44. The van der Waals surface area contributed by atoms with Crippen LogP contribution in [0.4, 0.5) is 0 Å². The van der Waals surface area contributed by atoms with Gasteiger partial charge in [0.2, 0.25) is 15.9 Å². The quantitative estimate of drug-likeness (QED) is 0.657. The van der Waals surface area contributed by atoms with E-state index in [4.69, 9.17) is 0 Å². The zero-order valence-electron chi connectivity index (χ0n) is 14.0. The first-order valence-electron chi connectivity index (χ1n) is 7.97. The number of thioether (sulfide) groups is 1. The van der Waals surface area contributed by atoms with Crippen LogP contribution in [0.15, 0.2) is 65.6 Å². The summed E-state index contributed by atoms with van der Waals surface area (Å²) in [5.74, 6) is -0.319. The second-order valence-electron chi connectivity index (χ2n) is 5.49. The summed E-state index contributed by atoms with van der Waals surface area (Å²) in [4.78, 5) is 13.1. The Hall–Kier alpha value is -1.83. The highest BCUT2D eigenvalue weighted by Gasteiger charge is 2.15. The number of hydrogen-bond acceptors (Lipinski definition) is 4. The van der Waals surface area contributed by atoms with Gasteiger partial charge in [0.15, 0.2) is 0 Å². The third-order valence-corrected chi connectivity index (χ3v) is 5.87. The van der Waals surface area contributed by atoms with Crippen LogP contribution < -0.4 is 10.0 Å². The van der Waals surface area contributed by atoms with Crippen LogP contribution in [-0.4, -0.2) is 31.9 Å². The van der Waals surface area contributed by atoms with E-state index in [1.54, 1.807) is 6.92 Å². The molecule has 0 aliphatic rings. The molecule has 0 saturated heterocycles. The zero-order valence-corrected chi connectivity index (χ0v) is 15.6. The molecule has 0 aromatic heterocycles. The number of rotatable bonds is 9. The average Bonchev–Trinajstić information content (AvgIpc) is 2.61. The number of carbonyl (C=O) groups is 1. The maximum absolute atomic E-state index is 12.1. The van der Waals surface area contributed by atoms with Gasteiger partial charge < -0.3 is 5.32 Å². The molecule has 0 heterocycles. The van der Waals surface area contributed by atoms with Crippen molar-refractivity contribution in [3.05, 3.63) is 66.2 Å². The largest absolute Gasteiger partial charge is 0.354 e. The molecule has 2 aromatic carbocycles. The highest BCUT2D eigenvalue weighted by Crippen LogP contribution is 2.22. The Balaban J connectivity index is 1.72. The Morgan fingerprint density at radius 3 is 2.28 bits per heavy atom. The first-order chi connectivity index (χ1) is 12.0. The van der Waals surface area contributed by atoms with Crippen LogP contribution in [0, 0.1) is 0 Å². The Bertz CT molecular complexity index is 765. The van der Waals surface area contributed by atoms with E-state index in [1.807, 2.05) is 60.7 Å². The van der Waals surface area contributed by atoms with Crippen molar-refractivity contribution in [2.75, 3.05) is 12.3 Å². The van der Waals surface area contributed by atoms with Crippen molar-refractivity contribution in [2.45, 2.75) is 23.6 Å². The zero-order chi connectivity index (χ0) is 18.1. The Labute approximate surface area is 153 Å². The van der Waals surface area contributed by atoms with Gasteiger partial charge in [0, 0.05) is 18.0 Å². The fourth-order valence-corrected chi connectivity index (χ4v) is 3.88. The summed E-state index contributed by atoms with van der Waals surface area (Å²) in [6.45, 7) is 2.13. The molecular weight excluding hydrogens is 356 g/mol. The second kappa shape index (κ2) is 9.60. The fraction of sp³-hybridized carbons (Fsp3) is 0.278. The third-order valence-electron chi connectivity index (χ3n) is 3.43. The number of carbonyl (C=O) groups excluding carboxylic acids is 1. The highest BCUT2D eigenvalue weighted by molar-refractivity contribution is 8.00. The molecule has 1 amide bonds. The molecule has 5 nitrogen and oxygen atoms in total. The van der Waals surface area contributed by atoms with Gasteiger partial charge in [0.05, 0.1) is 11.0 Å². The van der Waals surface area contributed by atoms with Crippen molar-refractivity contribution < 1.29 is 13.2 Å². The molecule has 7 heteroatoms. The number of sulfonamides is 1. The minimum Gasteiger partial charge on any atom is -0.354 e. The average molecular weight is 379 g/mol. The SMILES string of the molecule is CC(Sc1ccccc1)C(=O)NCCS(=O)(=O)NCc1ccccc1. The molecule has 2 aromatic rings. The minimum absolute atomic E-state index is 0.0860. The van der Waals surface area contributed by atoms with Crippen LogP contribution in [0.2, 0.25) is 0 Å². The van der Waals surface area contributed by atoms with Crippen LogP contribution in [0.1, 0.15) is 12.5 Å². The van der Waals surface area contributed by atoms with Gasteiger partial charge in [-0.3, -0.25) is 4.79 Å². The first kappa shape index (κ1) is 19.5. The molecule has 0 aliphatic heterocycles. The Kier molecular flexibility index (Phi) is 7.49. The van der Waals surface area contributed by atoms with Gasteiger partial charge in [-0.05, 0) is 24.6 Å². The molecule has 0 saturated carbocycles. The monoisotopic (exact) mass is 378 g/mol. The standard InChI is InChI=1S/C18H22N2O3S2/c1-15(24-17-10-6-3-7-11-17)18(21)19-12-13-25(22,23)20-14-16-8-4-2-5-9-16/h2-11,15,20H,12-14H2,1H3,(H,19,21). The number of nitrogens with one attached hydrogen (secondary N) is 2. The molecule has 1 atom stereocenters. The smallest absolute Gasteiger partial charge is 0.233 e. The van der Waals surface area contributed by atoms with Gasteiger partial charge in [-0.1, -0.05) is 48.5 Å². The molecular formula is C18H22N2O3S2. The molecule has 0 radical (unpaired) electrons. The molecule has 2 rings (SSSR count). The maximum atomic E-state index is 12.1. The van der Waals surface area contributed by atoms with E-state index >= 15 is 0 Å². The lowest BCUT2D eigenvalue weighted by molar-refractivity contribution is -0.120. The molecule has 134 valence electrons. The van der Waals surface area contributed by atoms with Crippen molar-refractivity contribution in [1.29, 1.82) is 0 Å². The topological polar surface area (TPSA) is 75.3 Å². The van der Waals surface area contributed by atoms with Gasteiger partial charge in [0.25, 0.3) is 0 Å². The van der Waals surface area contributed by atoms with Crippen LogP contribution in [-0.2, 0) is 21.4 Å². The molecule has 0 spiro atoms. The van der Waals surface area contributed by atoms with Gasteiger partial charge in [0.1, 0.15) is 0 Å². The lowest BCUT2D eigenvalue weighted by Crippen LogP contribution is -2.37. The van der Waals surface area contributed by atoms with Crippen LogP contribution >= 0.6 is 11.8 Å². The predicted molar refractivity (Wildman–Crippen MR) is 102 cm³/mol. The molecule has 2 N–H and O–H groups in total. The molecule has 0 fully saturated rings. The molecule has 0 aliphatic carbocycles. The lowest BCUT2D eigenvalue weighted by atomic mass is 10.2. The molecule has 0 bridgehead atoms. The van der Waals surface area contributed by atoms with Crippen LogP contribution in [0.5, 0.6) is 0 Å². The Morgan fingerprint density at radius 2 is 1.64 bits per heavy atom. The van der Waals surface area contributed by atoms with Crippen molar-refractivity contribution in [3.8, 4) is 0 Å². The normalized spacial score (nSPS) is 12.5. The fourth-order valence-electron chi connectivity index (χ4n) is 2.07. The van der Waals surface area contributed by atoms with Gasteiger partial charge in [-0.15, -0.1) is 11.8 Å². The van der Waals surface area contributed by atoms with Crippen molar-refractivity contribution in [3.63, 3.8) is 0 Å². The van der Waals surface area contributed by atoms with E-state index in [2.05, 4.69) is 10.0 Å². The first-order valence-corrected chi connectivity index (χ1v) is 10.5. The minimum atomic E-state index is -3.43. The summed E-state index contributed by atoms with van der Waals surface area (Å²) in [6, 6.07) is 18.9. The van der Waals surface area contributed by atoms with Gasteiger partial charge in [-0.2, -0.15) is 0 Å². The summed E-state index contributed by atoms with van der Waals surface area (Å²) in [5, 5.41) is 2.39. The summed E-state index contributed by atoms with van der Waals surface area (Å²) in [6.07, 6.45) is 0. The van der Waals surface area contributed by atoms with Crippen molar-refractivity contribution >= 4 is 27.7 Å². The van der Waals surface area contributed by atoms with Crippen LogP contribution in [0.25, 0.3) is 0 Å². The Morgan fingerprint density at radius 1 is 1.04 bits per heavy atom. The molecule has 25 heavy (non-hydrogen) atoms. The maximum Gasteiger partial charge on any atom is 0.233 e. The summed E-state index contributed by atoms with van der Waals surface area (Å²) in [7, 11) is -3.43. The second-order valence-corrected chi connectivity index (χ2v) is 8.83. The molecule has 1 unspecified atom stereocenters. The van der Waals surface area contributed by atoms with E-state index in [0.717, 1.165) is 10.5 Å². The predicted octanol–water partition coefficient (Wildman–Crippen LogP) is 2.40. The number of amides is 1. The van der Waals surface area contributed by atoms with E-state index < -0.39 is 10.0 Å². The van der Waals surface area contributed by atoms with E-state index in [0.29, 0.717) is 0 Å². The van der Waals surface area contributed by atoms with Gasteiger partial charge >= 0.3 is 0 Å². The van der Waals surface area contributed by atoms with Gasteiger partial charge in [-0.25, -0.2) is 13.1 Å². The third kappa shape index (κ3) is 7.29. The van der Waals surface area contributed by atoms with Crippen LogP contribution in [0.3, 0.4) is 0 Å².